The fourth-order valence-corrected chi connectivity index (χ4v) is 2.56. The van der Waals surface area contributed by atoms with E-state index in [9.17, 15) is 0 Å². The van der Waals surface area contributed by atoms with Crippen LogP contribution in [0, 0.1) is 0 Å². The molecule has 1 rings (SSSR count). The van der Waals surface area contributed by atoms with Crippen molar-refractivity contribution in [3.8, 4) is 0 Å². The average molecular weight is 198 g/mol. The lowest BCUT2D eigenvalue weighted by Crippen LogP contribution is -2.49. The molecule has 1 fully saturated rings. The van der Waals surface area contributed by atoms with Crippen molar-refractivity contribution in [2.24, 2.45) is 0 Å². The van der Waals surface area contributed by atoms with Crippen molar-refractivity contribution in [2.45, 2.75) is 65.1 Å². The first-order valence-corrected chi connectivity index (χ1v) is 6.14. The molecule has 0 aromatic rings. The van der Waals surface area contributed by atoms with Crippen LogP contribution < -0.4 is 5.32 Å². The van der Waals surface area contributed by atoms with Gasteiger partial charge in [0.1, 0.15) is 0 Å². The van der Waals surface area contributed by atoms with Crippen LogP contribution in [-0.2, 0) is 0 Å². The van der Waals surface area contributed by atoms with E-state index in [-0.39, 0.29) is 0 Å². The van der Waals surface area contributed by atoms with E-state index in [0.717, 1.165) is 18.6 Å². The van der Waals surface area contributed by atoms with Gasteiger partial charge in [0.25, 0.3) is 0 Å². The zero-order valence-electron chi connectivity index (χ0n) is 10.2. The number of nitrogens with zero attached hydrogens (tertiary/aromatic N) is 1. The molecule has 0 bridgehead atoms. The molecule has 1 aliphatic heterocycles. The molecule has 0 radical (unpaired) electrons. The third-order valence-electron chi connectivity index (χ3n) is 3.41. The Morgan fingerprint density at radius 3 is 2.36 bits per heavy atom. The minimum Gasteiger partial charge on any atom is -0.313 e. The summed E-state index contributed by atoms with van der Waals surface area (Å²) in [4.78, 5) is 2.66. The molecule has 2 nitrogen and oxygen atoms in total. The molecule has 2 heteroatoms. The molecule has 0 spiro atoms. The number of piperidine rings is 1. The molecule has 0 aliphatic carbocycles. The van der Waals surface area contributed by atoms with E-state index < -0.39 is 0 Å². The first-order chi connectivity index (χ1) is 6.65. The molecular weight excluding hydrogens is 172 g/mol. The highest BCUT2D eigenvalue weighted by atomic mass is 15.2. The molecule has 1 N–H and O–H groups in total. The van der Waals surface area contributed by atoms with Crippen molar-refractivity contribution in [2.75, 3.05) is 13.1 Å². The standard InChI is InChI=1S/C12H26N2/c1-5-13-10(2)9-14-11(3)7-6-8-12(14)4/h10-13H,5-9H2,1-4H3/t10?,11-,12+. The van der Waals surface area contributed by atoms with Crippen molar-refractivity contribution >= 4 is 0 Å². The van der Waals surface area contributed by atoms with Gasteiger partial charge in [0.2, 0.25) is 0 Å². The largest absolute Gasteiger partial charge is 0.313 e. The smallest absolute Gasteiger partial charge is 0.0166 e. The van der Waals surface area contributed by atoms with Crippen molar-refractivity contribution in [1.29, 1.82) is 0 Å². The second-order valence-corrected chi connectivity index (χ2v) is 4.78. The lowest BCUT2D eigenvalue weighted by atomic mass is 9.97. The van der Waals surface area contributed by atoms with Crippen LogP contribution >= 0.6 is 0 Å². The van der Waals surface area contributed by atoms with Crippen molar-refractivity contribution < 1.29 is 0 Å². The van der Waals surface area contributed by atoms with E-state index in [1.54, 1.807) is 0 Å². The minimum absolute atomic E-state index is 0.628. The molecule has 3 atom stereocenters. The molecule has 84 valence electrons. The Morgan fingerprint density at radius 1 is 1.29 bits per heavy atom. The van der Waals surface area contributed by atoms with Crippen LogP contribution in [0.15, 0.2) is 0 Å². The molecular formula is C12H26N2. The fraction of sp³-hybridized carbons (Fsp3) is 1.00. The molecule has 0 amide bonds. The van der Waals surface area contributed by atoms with E-state index >= 15 is 0 Å². The number of likely N-dealkylation sites (N-methyl/N-ethyl adjacent to an activating group) is 1. The Kier molecular flexibility index (Phi) is 4.90. The summed E-state index contributed by atoms with van der Waals surface area (Å²) in [7, 11) is 0. The maximum atomic E-state index is 3.49. The molecule has 0 saturated carbocycles. The van der Waals surface area contributed by atoms with Crippen LogP contribution in [0.2, 0.25) is 0 Å². The number of nitrogens with one attached hydrogen (secondary N) is 1. The average Bonchev–Trinajstić information content (AvgIpc) is 2.12. The maximum absolute atomic E-state index is 3.49. The van der Waals surface area contributed by atoms with Gasteiger partial charge in [0.05, 0.1) is 0 Å². The Morgan fingerprint density at radius 2 is 1.86 bits per heavy atom. The number of rotatable bonds is 4. The van der Waals surface area contributed by atoms with Crippen molar-refractivity contribution in [3.05, 3.63) is 0 Å². The summed E-state index contributed by atoms with van der Waals surface area (Å²) in [6.07, 6.45) is 4.17. The number of hydrogen-bond donors (Lipinski definition) is 1. The number of hydrogen-bond acceptors (Lipinski definition) is 2. The van der Waals surface area contributed by atoms with Crippen molar-refractivity contribution in [3.63, 3.8) is 0 Å². The topological polar surface area (TPSA) is 15.3 Å². The Hall–Kier alpha value is -0.0800. The van der Waals surface area contributed by atoms with E-state index in [4.69, 9.17) is 0 Å². The van der Waals surface area contributed by atoms with Gasteiger partial charge in [-0.1, -0.05) is 13.3 Å². The Balaban J connectivity index is 2.39. The van der Waals surface area contributed by atoms with Gasteiger partial charge in [-0.05, 0) is 40.2 Å². The number of likely N-dealkylation sites (tertiary alicyclic amines) is 1. The predicted octanol–water partition coefficient (Wildman–Crippen LogP) is 2.25. The summed E-state index contributed by atoms with van der Waals surface area (Å²) in [6.45, 7) is 11.5. The van der Waals surface area contributed by atoms with Gasteiger partial charge >= 0.3 is 0 Å². The molecule has 1 saturated heterocycles. The molecule has 1 unspecified atom stereocenters. The van der Waals surface area contributed by atoms with Gasteiger partial charge in [0.15, 0.2) is 0 Å². The molecule has 0 aromatic heterocycles. The SMILES string of the molecule is CCNC(C)CN1[C@H](C)CCC[C@@H]1C. The predicted molar refractivity (Wildman–Crippen MR) is 62.6 cm³/mol. The van der Waals surface area contributed by atoms with E-state index in [0.29, 0.717) is 6.04 Å². The summed E-state index contributed by atoms with van der Waals surface area (Å²) < 4.78 is 0. The van der Waals surface area contributed by atoms with Gasteiger partial charge in [-0.25, -0.2) is 0 Å². The Labute approximate surface area is 89.1 Å². The van der Waals surface area contributed by atoms with E-state index in [2.05, 4.69) is 37.9 Å². The van der Waals surface area contributed by atoms with Crippen LogP contribution in [0.4, 0.5) is 0 Å². The second-order valence-electron chi connectivity index (χ2n) is 4.78. The van der Waals surface area contributed by atoms with E-state index in [1.165, 1.54) is 25.8 Å². The summed E-state index contributed by atoms with van der Waals surface area (Å²) in [6, 6.07) is 2.18. The van der Waals surface area contributed by atoms with Crippen LogP contribution in [0.3, 0.4) is 0 Å². The zero-order valence-corrected chi connectivity index (χ0v) is 10.2. The van der Waals surface area contributed by atoms with E-state index in [1.807, 2.05) is 0 Å². The van der Waals surface area contributed by atoms with Crippen LogP contribution in [0.25, 0.3) is 0 Å². The highest BCUT2D eigenvalue weighted by molar-refractivity contribution is 4.81. The first kappa shape index (κ1) is 12.0. The summed E-state index contributed by atoms with van der Waals surface area (Å²) in [5.74, 6) is 0. The monoisotopic (exact) mass is 198 g/mol. The summed E-state index contributed by atoms with van der Waals surface area (Å²) in [5.41, 5.74) is 0. The van der Waals surface area contributed by atoms with Gasteiger partial charge in [-0.3, -0.25) is 4.90 Å². The lowest BCUT2D eigenvalue weighted by Gasteiger charge is -2.40. The minimum atomic E-state index is 0.628. The van der Waals surface area contributed by atoms with Gasteiger partial charge < -0.3 is 5.32 Å². The third-order valence-corrected chi connectivity index (χ3v) is 3.41. The maximum Gasteiger partial charge on any atom is 0.0166 e. The van der Waals surface area contributed by atoms with Gasteiger partial charge in [0, 0.05) is 24.7 Å². The van der Waals surface area contributed by atoms with Crippen LogP contribution in [0.5, 0.6) is 0 Å². The summed E-state index contributed by atoms with van der Waals surface area (Å²) >= 11 is 0. The normalized spacial score (nSPS) is 31.7. The quantitative estimate of drug-likeness (QED) is 0.745. The van der Waals surface area contributed by atoms with Crippen LogP contribution in [-0.4, -0.2) is 36.1 Å². The molecule has 1 aliphatic rings. The highest BCUT2D eigenvalue weighted by Crippen LogP contribution is 2.22. The van der Waals surface area contributed by atoms with Gasteiger partial charge in [-0.15, -0.1) is 0 Å². The lowest BCUT2D eigenvalue weighted by molar-refractivity contribution is 0.0935. The first-order valence-electron chi connectivity index (χ1n) is 6.14. The second kappa shape index (κ2) is 5.72. The third kappa shape index (κ3) is 3.25. The highest BCUT2D eigenvalue weighted by Gasteiger charge is 2.25. The Bertz CT molecular complexity index is 148. The molecule has 14 heavy (non-hydrogen) atoms. The molecule has 1 heterocycles. The zero-order chi connectivity index (χ0) is 10.6. The van der Waals surface area contributed by atoms with Gasteiger partial charge in [-0.2, -0.15) is 0 Å². The van der Waals surface area contributed by atoms with Crippen molar-refractivity contribution in [1.82, 2.24) is 10.2 Å². The van der Waals surface area contributed by atoms with Crippen LogP contribution in [0.1, 0.15) is 47.0 Å². The molecule has 0 aromatic carbocycles. The summed E-state index contributed by atoms with van der Waals surface area (Å²) in [5, 5.41) is 3.49. The fourth-order valence-electron chi connectivity index (χ4n) is 2.56.